The first kappa shape index (κ1) is 17.3. The van der Waals surface area contributed by atoms with Crippen LogP contribution in [0.15, 0.2) is 42.5 Å². The fraction of sp³-hybridized carbons (Fsp3) is 0.300. The van der Waals surface area contributed by atoms with Gasteiger partial charge in [-0.1, -0.05) is 6.07 Å². The molecule has 4 rings (SSSR count). The maximum absolute atomic E-state index is 13.0. The molecule has 2 N–H and O–H groups in total. The Balaban J connectivity index is 1.27. The second-order valence-electron chi connectivity index (χ2n) is 6.86. The number of nitrogens with zero attached hydrogens (tertiary/aromatic N) is 1. The van der Waals surface area contributed by atoms with E-state index in [-0.39, 0.29) is 24.4 Å². The normalized spacial score (nSPS) is 18.2. The van der Waals surface area contributed by atoms with Gasteiger partial charge in [0.1, 0.15) is 12.4 Å². The average Bonchev–Trinajstić information content (AvgIpc) is 3.28. The lowest BCUT2D eigenvalue weighted by atomic mass is 10.1. The van der Waals surface area contributed by atoms with Gasteiger partial charge in [-0.05, 0) is 48.7 Å². The van der Waals surface area contributed by atoms with Crippen molar-refractivity contribution in [2.24, 2.45) is 5.92 Å². The zero-order valence-corrected chi connectivity index (χ0v) is 14.7. The molecule has 0 bridgehead atoms. The maximum Gasteiger partial charge on any atom is 0.338 e. The molecular weight excluding hydrogens is 349 g/mol. The summed E-state index contributed by atoms with van der Waals surface area (Å²) in [5, 5.41) is 5.63. The number of ether oxygens (including phenoxy) is 1. The minimum Gasteiger partial charge on any atom is -0.457 e. The van der Waals surface area contributed by atoms with Gasteiger partial charge in [0.15, 0.2) is 0 Å². The van der Waals surface area contributed by atoms with Crippen molar-refractivity contribution in [3.8, 4) is 0 Å². The summed E-state index contributed by atoms with van der Waals surface area (Å²) in [6, 6.07) is 11.3. The van der Waals surface area contributed by atoms with Gasteiger partial charge < -0.3 is 20.3 Å². The fourth-order valence-electron chi connectivity index (χ4n) is 3.49. The number of esters is 1. The van der Waals surface area contributed by atoms with Crippen molar-refractivity contribution in [2.45, 2.75) is 13.0 Å². The zero-order chi connectivity index (χ0) is 18.8. The number of carbonyl (C=O) groups is 2. The number of rotatable bonds is 4. The van der Waals surface area contributed by atoms with Crippen LogP contribution in [0.4, 0.5) is 20.6 Å². The molecule has 140 valence electrons. The largest absolute Gasteiger partial charge is 0.457 e. The Bertz CT molecular complexity index is 869. The molecule has 0 unspecified atom stereocenters. The first-order valence-corrected chi connectivity index (χ1v) is 8.94. The van der Waals surface area contributed by atoms with Crippen LogP contribution in [0.3, 0.4) is 0 Å². The van der Waals surface area contributed by atoms with Gasteiger partial charge >= 0.3 is 12.0 Å². The average molecular weight is 369 g/mol. The van der Waals surface area contributed by atoms with Crippen LogP contribution in [0.2, 0.25) is 0 Å². The molecule has 0 radical (unpaired) electrons. The lowest BCUT2D eigenvalue weighted by Crippen LogP contribution is -2.34. The summed E-state index contributed by atoms with van der Waals surface area (Å²) in [5.74, 6) is -0.274. The lowest BCUT2D eigenvalue weighted by molar-refractivity contribution is 0.0535. The lowest BCUT2D eigenvalue weighted by Gasteiger charge is -2.19. The Labute approximate surface area is 156 Å². The molecule has 2 amide bonds. The molecule has 2 aliphatic heterocycles. The van der Waals surface area contributed by atoms with Gasteiger partial charge in [-0.25, -0.2) is 14.0 Å². The molecule has 1 saturated heterocycles. The smallest absolute Gasteiger partial charge is 0.338 e. The van der Waals surface area contributed by atoms with Gasteiger partial charge in [0.2, 0.25) is 0 Å². The molecule has 0 saturated carbocycles. The zero-order valence-electron chi connectivity index (χ0n) is 14.7. The van der Waals surface area contributed by atoms with Gasteiger partial charge in [0.05, 0.1) is 5.56 Å². The number of cyclic esters (lactones) is 1. The maximum atomic E-state index is 13.0. The monoisotopic (exact) mass is 369 g/mol. The molecule has 2 heterocycles. The first-order valence-electron chi connectivity index (χ1n) is 8.94. The highest BCUT2D eigenvalue weighted by molar-refractivity contribution is 5.96. The standard InChI is InChI=1S/C20H20FN3O3/c21-15-2-5-17(6-3-15)24-8-7-13(11-24)10-22-20(26)23-16-4-1-14-12-27-19(25)18(14)9-16/h1-6,9,13H,7-8,10-12H2,(H2,22,23,26)/t13-/m0/s1. The summed E-state index contributed by atoms with van der Waals surface area (Å²) in [4.78, 5) is 25.9. The van der Waals surface area contributed by atoms with Gasteiger partial charge in [-0.3, -0.25) is 0 Å². The van der Waals surface area contributed by atoms with Crippen LogP contribution < -0.4 is 15.5 Å². The van der Waals surface area contributed by atoms with Crippen LogP contribution in [0.5, 0.6) is 0 Å². The molecule has 0 aliphatic carbocycles. The molecule has 1 fully saturated rings. The topological polar surface area (TPSA) is 70.7 Å². The van der Waals surface area contributed by atoms with Crippen molar-refractivity contribution in [1.29, 1.82) is 0 Å². The molecular formula is C20H20FN3O3. The molecule has 0 spiro atoms. The number of urea groups is 1. The van der Waals surface area contributed by atoms with Crippen molar-refractivity contribution < 1.29 is 18.7 Å². The van der Waals surface area contributed by atoms with Gasteiger partial charge in [0, 0.05) is 36.6 Å². The first-order chi connectivity index (χ1) is 13.1. The van der Waals surface area contributed by atoms with E-state index in [0.29, 0.717) is 23.7 Å². The number of carbonyl (C=O) groups excluding carboxylic acids is 2. The van der Waals surface area contributed by atoms with E-state index in [9.17, 15) is 14.0 Å². The minimum absolute atomic E-state index is 0.243. The molecule has 6 nitrogen and oxygen atoms in total. The SMILES string of the molecule is O=C(NC[C@@H]1CCN(c2ccc(F)cc2)C1)Nc1ccc2c(c1)C(=O)OC2. The molecule has 27 heavy (non-hydrogen) atoms. The van der Waals surface area contributed by atoms with E-state index in [4.69, 9.17) is 4.74 Å². The number of benzene rings is 2. The predicted molar refractivity (Wildman–Crippen MR) is 99.3 cm³/mol. The Morgan fingerprint density at radius 1 is 1.22 bits per heavy atom. The molecule has 7 heteroatoms. The Kier molecular flexibility index (Phi) is 4.66. The second-order valence-corrected chi connectivity index (χ2v) is 6.86. The third-order valence-corrected chi connectivity index (χ3v) is 4.98. The highest BCUT2D eigenvalue weighted by atomic mass is 19.1. The summed E-state index contributed by atoms with van der Waals surface area (Å²) < 4.78 is 18.0. The summed E-state index contributed by atoms with van der Waals surface area (Å²) in [6.07, 6.45) is 0.961. The number of hydrogen-bond acceptors (Lipinski definition) is 4. The van der Waals surface area contributed by atoms with E-state index in [1.54, 1.807) is 30.3 Å². The highest BCUT2D eigenvalue weighted by Crippen LogP contribution is 2.24. The van der Waals surface area contributed by atoms with Crippen LogP contribution in [0.25, 0.3) is 0 Å². The van der Waals surface area contributed by atoms with Crippen molar-refractivity contribution in [3.63, 3.8) is 0 Å². The van der Waals surface area contributed by atoms with Gasteiger partial charge in [0.25, 0.3) is 0 Å². The second kappa shape index (κ2) is 7.26. The molecule has 2 aromatic rings. The van der Waals surface area contributed by atoms with Crippen molar-refractivity contribution in [2.75, 3.05) is 29.9 Å². The van der Waals surface area contributed by atoms with Crippen molar-refractivity contribution in [3.05, 3.63) is 59.4 Å². The predicted octanol–water partition coefficient (Wildman–Crippen LogP) is 3.14. The van der Waals surface area contributed by atoms with Crippen LogP contribution in [0, 0.1) is 11.7 Å². The number of nitrogens with one attached hydrogen (secondary N) is 2. The van der Waals surface area contributed by atoms with E-state index >= 15 is 0 Å². The number of amides is 2. The summed E-state index contributed by atoms with van der Waals surface area (Å²) in [5.41, 5.74) is 2.88. The Morgan fingerprint density at radius 2 is 2.04 bits per heavy atom. The molecule has 2 aliphatic rings. The van der Waals surface area contributed by atoms with E-state index in [0.717, 1.165) is 30.8 Å². The van der Waals surface area contributed by atoms with Gasteiger partial charge in [-0.2, -0.15) is 0 Å². The van der Waals surface area contributed by atoms with Crippen molar-refractivity contribution >= 4 is 23.4 Å². The Hall–Kier alpha value is -3.09. The van der Waals surface area contributed by atoms with Crippen LogP contribution in [0.1, 0.15) is 22.3 Å². The van der Waals surface area contributed by atoms with Crippen LogP contribution >= 0.6 is 0 Å². The summed E-state index contributed by atoms with van der Waals surface area (Å²) in [7, 11) is 0. The molecule has 2 aromatic carbocycles. The third kappa shape index (κ3) is 3.86. The van der Waals surface area contributed by atoms with Crippen LogP contribution in [-0.2, 0) is 11.3 Å². The number of hydrogen-bond donors (Lipinski definition) is 2. The number of anilines is 2. The summed E-state index contributed by atoms with van der Waals surface area (Å²) >= 11 is 0. The Morgan fingerprint density at radius 3 is 2.85 bits per heavy atom. The van der Waals surface area contributed by atoms with E-state index < -0.39 is 0 Å². The third-order valence-electron chi connectivity index (χ3n) is 4.98. The van der Waals surface area contributed by atoms with Gasteiger partial charge in [-0.15, -0.1) is 0 Å². The van der Waals surface area contributed by atoms with E-state index in [1.807, 2.05) is 0 Å². The van der Waals surface area contributed by atoms with Crippen LogP contribution in [-0.4, -0.2) is 31.6 Å². The van der Waals surface area contributed by atoms with Crippen molar-refractivity contribution in [1.82, 2.24) is 5.32 Å². The van der Waals surface area contributed by atoms with E-state index in [1.165, 1.54) is 12.1 Å². The molecule has 0 aromatic heterocycles. The minimum atomic E-state index is -0.360. The summed E-state index contributed by atoms with van der Waals surface area (Å²) in [6.45, 7) is 2.53. The molecule has 1 atom stereocenters. The fourth-order valence-corrected chi connectivity index (χ4v) is 3.49. The number of fused-ring (bicyclic) bond motifs is 1. The van der Waals surface area contributed by atoms with E-state index in [2.05, 4.69) is 15.5 Å². The quantitative estimate of drug-likeness (QED) is 0.813. The number of halogens is 1. The highest BCUT2D eigenvalue weighted by Gasteiger charge is 2.24.